The first-order chi connectivity index (χ1) is 9.15. The molecule has 0 aliphatic heterocycles. The highest BCUT2D eigenvalue weighted by molar-refractivity contribution is 9.10. The summed E-state index contributed by atoms with van der Waals surface area (Å²) in [5.41, 5.74) is 1.86. The highest BCUT2D eigenvalue weighted by atomic mass is 79.9. The first kappa shape index (κ1) is 12.4. The number of aromatic nitrogens is 2. The highest BCUT2D eigenvalue weighted by Crippen LogP contribution is 2.18. The van der Waals surface area contributed by atoms with Crippen molar-refractivity contribution in [3.63, 3.8) is 0 Å². The monoisotopic (exact) mass is 334 g/mol. The van der Waals surface area contributed by atoms with Gasteiger partial charge in [-0.3, -0.25) is 9.20 Å². The lowest BCUT2D eigenvalue weighted by Gasteiger charge is -2.05. The first-order valence-corrected chi connectivity index (χ1v) is 6.75. The summed E-state index contributed by atoms with van der Waals surface area (Å²) in [5, 5.41) is 0.639. The zero-order valence-corrected chi connectivity index (χ0v) is 12.0. The molecular formula is C14H8BrClN2O. The number of rotatable bonds is 1. The molecule has 0 aliphatic carbocycles. The number of halogens is 2. The smallest absolute Gasteiger partial charge is 0.265 e. The van der Waals surface area contributed by atoms with Crippen molar-refractivity contribution in [2.45, 2.75) is 0 Å². The molecule has 0 fully saturated rings. The molecule has 0 aliphatic rings. The van der Waals surface area contributed by atoms with Crippen LogP contribution in [0.1, 0.15) is 0 Å². The van der Waals surface area contributed by atoms with Crippen molar-refractivity contribution in [2.75, 3.05) is 0 Å². The minimum atomic E-state index is -0.103. The molecule has 0 amide bonds. The summed E-state index contributed by atoms with van der Waals surface area (Å²) in [4.78, 5) is 16.7. The number of fused-ring (bicyclic) bond motifs is 1. The van der Waals surface area contributed by atoms with Crippen molar-refractivity contribution in [3.8, 4) is 11.1 Å². The Balaban J connectivity index is 2.28. The molecule has 1 aromatic carbocycles. The molecule has 5 heteroatoms. The van der Waals surface area contributed by atoms with Gasteiger partial charge in [-0.25, -0.2) is 4.98 Å². The Morgan fingerprint density at radius 1 is 1.11 bits per heavy atom. The average Bonchev–Trinajstić information content (AvgIpc) is 2.41. The third-order valence-electron chi connectivity index (χ3n) is 2.82. The van der Waals surface area contributed by atoms with E-state index in [-0.39, 0.29) is 5.56 Å². The summed E-state index contributed by atoms with van der Waals surface area (Å²) in [5.74, 6) is 0. The van der Waals surface area contributed by atoms with E-state index in [9.17, 15) is 4.79 Å². The Hall–Kier alpha value is -1.65. The molecule has 3 nitrogen and oxygen atoms in total. The Morgan fingerprint density at radius 2 is 1.84 bits per heavy atom. The molecule has 0 atom stereocenters. The lowest BCUT2D eigenvalue weighted by Crippen LogP contribution is -2.16. The second-order valence-corrected chi connectivity index (χ2v) is 5.41. The van der Waals surface area contributed by atoms with Crippen molar-refractivity contribution in [1.82, 2.24) is 9.38 Å². The summed E-state index contributed by atoms with van der Waals surface area (Å²) in [6.07, 6.45) is 3.30. The van der Waals surface area contributed by atoms with Crippen LogP contribution >= 0.6 is 27.5 Å². The predicted octanol–water partition coefficient (Wildman–Crippen LogP) is 3.78. The van der Waals surface area contributed by atoms with Crippen LogP contribution in [-0.4, -0.2) is 9.38 Å². The summed E-state index contributed by atoms with van der Waals surface area (Å²) >= 11 is 9.20. The fourth-order valence-electron chi connectivity index (χ4n) is 1.88. The first-order valence-electron chi connectivity index (χ1n) is 5.58. The molecule has 2 aromatic heterocycles. The van der Waals surface area contributed by atoms with Crippen molar-refractivity contribution < 1.29 is 0 Å². The van der Waals surface area contributed by atoms with Gasteiger partial charge in [0.1, 0.15) is 5.65 Å². The van der Waals surface area contributed by atoms with E-state index in [0.29, 0.717) is 16.2 Å². The third-order valence-corrected chi connectivity index (χ3v) is 3.54. The molecule has 0 radical (unpaired) electrons. The molecule has 3 rings (SSSR count). The number of benzene rings is 1. The van der Waals surface area contributed by atoms with Crippen LogP contribution in [0.3, 0.4) is 0 Å². The molecule has 0 saturated carbocycles. The number of hydrogen-bond acceptors (Lipinski definition) is 2. The molecule has 0 N–H and O–H groups in total. The van der Waals surface area contributed by atoms with E-state index in [1.807, 2.05) is 18.2 Å². The van der Waals surface area contributed by atoms with Gasteiger partial charge >= 0.3 is 0 Å². The van der Waals surface area contributed by atoms with Crippen LogP contribution in [0.2, 0.25) is 5.02 Å². The maximum Gasteiger partial charge on any atom is 0.265 e. The second-order valence-electron chi connectivity index (χ2n) is 4.06. The molecule has 0 bridgehead atoms. The lowest BCUT2D eigenvalue weighted by atomic mass is 10.1. The van der Waals surface area contributed by atoms with Crippen LogP contribution < -0.4 is 5.56 Å². The van der Waals surface area contributed by atoms with E-state index in [2.05, 4.69) is 20.9 Å². The van der Waals surface area contributed by atoms with Crippen LogP contribution in [0, 0.1) is 0 Å². The minimum absolute atomic E-state index is 0.103. The van der Waals surface area contributed by atoms with Crippen molar-refractivity contribution in [3.05, 3.63) is 68.6 Å². The van der Waals surface area contributed by atoms with Gasteiger partial charge in [0.15, 0.2) is 0 Å². The summed E-state index contributed by atoms with van der Waals surface area (Å²) in [6, 6.07) is 10.8. The lowest BCUT2D eigenvalue weighted by molar-refractivity contribution is 1.04. The average molecular weight is 336 g/mol. The van der Waals surface area contributed by atoms with Gasteiger partial charge in [-0.2, -0.15) is 0 Å². The van der Waals surface area contributed by atoms with Gasteiger partial charge in [-0.1, -0.05) is 23.7 Å². The van der Waals surface area contributed by atoms with Crippen LogP contribution in [0.4, 0.5) is 0 Å². The third kappa shape index (κ3) is 2.29. The standard InChI is InChI=1S/C14H8BrClN2O/c15-10-3-6-13-17-7-12(14(19)18(13)8-10)9-1-4-11(16)5-2-9/h1-8H. The van der Waals surface area contributed by atoms with E-state index in [1.54, 1.807) is 30.6 Å². The normalized spacial score (nSPS) is 10.8. The molecule has 2 heterocycles. The van der Waals surface area contributed by atoms with Crippen LogP contribution in [0.15, 0.2) is 58.1 Å². The largest absolute Gasteiger partial charge is 0.268 e. The highest BCUT2D eigenvalue weighted by Gasteiger charge is 2.07. The number of pyridine rings is 1. The van der Waals surface area contributed by atoms with Gasteiger partial charge in [-0.15, -0.1) is 0 Å². The van der Waals surface area contributed by atoms with Gasteiger partial charge in [0, 0.05) is 21.9 Å². The van der Waals surface area contributed by atoms with Gasteiger partial charge in [-0.05, 0) is 45.8 Å². The van der Waals surface area contributed by atoms with Crippen molar-refractivity contribution in [1.29, 1.82) is 0 Å². The Morgan fingerprint density at radius 3 is 2.58 bits per heavy atom. The molecule has 19 heavy (non-hydrogen) atoms. The molecule has 0 saturated heterocycles. The van der Waals surface area contributed by atoms with Crippen LogP contribution in [-0.2, 0) is 0 Å². The van der Waals surface area contributed by atoms with E-state index >= 15 is 0 Å². The SMILES string of the molecule is O=c1c(-c2ccc(Cl)cc2)cnc2ccc(Br)cn12. The quantitative estimate of drug-likeness (QED) is 0.678. The molecule has 0 spiro atoms. The van der Waals surface area contributed by atoms with Gasteiger partial charge in [0.2, 0.25) is 0 Å². The second kappa shape index (κ2) is 4.79. The molecule has 0 unspecified atom stereocenters. The topological polar surface area (TPSA) is 34.4 Å². The molecule has 94 valence electrons. The molecular weight excluding hydrogens is 328 g/mol. The maximum atomic E-state index is 12.4. The summed E-state index contributed by atoms with van der Waals surface area (Å²) < 4.78 is 2.35. The van der Waals surface area contributed by atoms with Gasteiger partial charge in [0.05, 0.1) is 5.56 Å². The Kier molecular flexibility index (Phi) is 3.12. The minimum Gasteiger partial charge on any atom is -0.268 e. The number of nitrogens with zero attached hydrogens (tertiary/aromatic N) is 2. The van der Waals surface area contributed by atoms with Gasteiger partial charge < -0.3 is 0 Å². The number of hydrogen-bond donors (Lipinski definition) is 0. The van der Waals surface area contributed by atoms with E-state index in [1.165, 1.54) is 4.40 Å². The van der Waals surface area contributed by atoms with E-state index in [4.69, 9.17) is 11.6 Å². The fourth-order valence-corrected chi connectivity index (χ4v) is 2.34. The summed E-state index contributed by atoms with van der Waals surface area (Å²) in [7, 11) is 0. The van der Waals surface area contributed by atoms with Crippen molar-refractivity contribution >= 4 is 33.2 Å². The fraction of sp³-hybridized carbons (Fsp3) is 0. The van der Waals surface area contributed by atoms with Gasteiger partial charge in [0.25, 0.3) is 5.56 Å². The van der Waals surface area contributed by atoms with E-state index < -0.39 is 0 Å². The van der Waals surface area contributed by atoms with Crippen LogP contribution in [0.5, 0.6) is 0 Å². The predicted molar refractivity (Wildman–Crippen MR) is 79.6 cm³/mol. The maximum absolute atomic E-state index is 12.4. The molecule has 3 aromatic rings. The Labute approximate surface area is 122 Å². The van der Waals surface area contributed by atoms with Crippen LogP contribution in [0.25, 0.3) is 16.8 Å². The summed E-state index contributed by atoms with van der Waals surface area (Å²) in [6.45, 7) is 0. The zero-order chi connectivity index (χ0) is 13.4. The Bertz CT molecular complexity index is 812. The zero-order valence-electron chi connectivity index (χ0n) is 9.68. The van der Waals surface area contributed by atoms with Crippen molar-refractivity contribution in [2.24, 2.45) is 0 Å². The van der Waals surface area contributed by atoms with E-state index in [0.717, 1.165) is 10.0 Å².